The van der Waals surface area contributed by atoms with E-state index in [4.69, 9.17) is 0 Å². The molecule has 0 bridgehead atoms. The minimum Gasteiger partial charge on any atom is -0.316 e. The van der Waals surface area contributed by atoms with E-state index < -0.39 is 0 Å². The number of nitrogens with zero attached hydrogens (tertiary/aromatic N) is 2. The molecule has 18 heavy (non-hydrogen) atoms. The van der Waals surface area contributed by atoms with Crippen molar-refractivity contribution in [3.05, 3.63) is 18.0 Å². The first-order valence-electron chi connectivity index (χ1n) is 7.10. The molecule has 1 atom stereocenters. The van der Waals surface area contributed by atoms with E-state index in [-0.39, 0.29) is 5.92 Å². The molecule has 1 saturated carbocycles. The van der Waals surface area contributed by atoms with Gasteiger partial charge in [0.1, 0.15) is 5.78 Å². The minimum atomic E-state index is 0.130. The van der Waals surface area contributed by atoms with Gasteiger partial charge in [0, 0.05) is 38.0 Å². The Morgan fingerprint density at radius 1 is 1.39 bits per heavy atom. The fraction of sp³-hybridized carbons (Fsp3) is 0.714. The minimum absolute atomic E-state index is 0.130. The van der Waals surface area contributed by atoms with Gasteiger partial charge in [-0.3, -0.25) is 9.48 Å². The maximum absolute atomic E-state index is 11.8. The summed E-state index contributed by atoms with van der Waals surface area (Å²) in [7, 11) is 0. The number of rotatable bonds is 3. The van der Waals surface area contributed by atoms with E-state index in [1.54, 1.807) is 0 Å². The number of Topliss-reactive ketones (excluding diaryl/α,β-unsaturated/α-hetero) is 1. The molecule has 0 amide bonds. The van der Waals surface area contributed by atoms with Crippen LogP contribution in [-0.2, 0) is 11.2 Å². The fourth-order valence-corrected chi connectivity index (χ4v) is 3.10. The summed E-state index contributed by atoms with van der Waals surface area (Å²) in [6.07, 6.45) is 8.72. The molecule has 1 aliphatic carbocycles. The van der Waals surface area contributed by atoms with Crippen LogP contribution < -0.4 is 5.32 Å². The van der Waals surface area contributed by atoms with Crippen molar-refractivity contribution in [3.63, 3.8) is 0 Å². The topological polar surface area (TPSA) is 46.9 Å². The molecule has 2 fully saturated rings. The summed E-state index contributed by atoms with van der Waals surface area (Å²) >= 11 is 0. The number of piperidine rings is 1. The predicted molar refractivity (Wildman–Crippen MR) is 69.4 cm³/mol. The van der Waals surface area contributed by atoms with Crippen molar-refractivity contribution in [2.75, 3.05) is 13.1 Å². The Labute approximate surface area is 108 Å². The first kappa shape index (κ1) is 11.9. The highest BCUT2D eigenvalue weighted by Crippen LogP contribution is 2.28. The molecular formula is C14H21N3O. The molecule has 3 rings (SSSR count). The van der Waals surface area contributed by atoms with Gasteiger partial charge in [0.2, 0.25) is 0 Å². The van der Waals surface area contributed by atoms with Crippen LogP contribution in [0.15, 0.2) is 12.3 Å². The molecule has 1 aromatic rings. The summed E-state index contributed by atoms with van der Waals surface area (Å²) in [6, 6.07) is 2.68. The first-order chi connectivity index (χ1) is 8.83. The lowest BCUT2D eigenvalue weighted by molar-refractivity contribution is -0.123. The van der Waals surface area contributed by atoms with Crippen LogP contribution in [0.4, 0.5) is 0 Å². The molecule has 0 spiro atoms. The molecule has 0 radical (unpaired) electrons. The highest BCUT2D eigenvalue weighted by molar-refractivity contribution is 5.82. The van der Waals surface area contributed by atoms with Crippen LogP contribution in [-0.4, -0.2) is 28.7 Å². The highest BCUT2D eigenvalue weighted by atomic mass is 16.1. The molecule has 1 aromatic heterocycles. The summed E-state index contributed by atoms with van der Waals surface area (Å²) in [4.78, 5) is 11.8. The van der Waals surface area contributed by atoms with Crippen LogP contribution in [0.3, 0.4) is 0 Å². The number of carbonyl (C=O) groups excluding carboxylic acids is 1. The van der Waals surface area contributed by atoms with Gasteiger partial charge in [-0.05, 0) is 18.9 Å². The van der Waals surface area contributed by atoms with Gasteiger partial charge < -0.3 is 5.32 Å². The predicted octanol–water partition coefficient (Wildman–Crippen LogP) is 1.72. The number of hydrogen-bond donors (Lipinski definition) is 1. The maximum Gasteiger partial charge on any atom is 0.138 e. The van der Waals surface area contributed by atoms with Crippen molar-refractivity contribution >= 4 is 5.78 Å². The summed E-state index contributed by atoms with van der Waals surface area (Å²) in [5.41, 5.74) is 1.07. The zero-order valence-corrected chi connectivity index (χ0v) is 10.8. The first-order valence-corrected chi connectivity index (χ1v) is 7.10. The fourth-order valence-electron chi connectivity index (χ4n) is 3.10. The summed E-state index contributed by atoms with van der Waals surface area (Å²) in [5, 5.41) is 7.95. The van der Waals surface area contributed by atoms with Crippen LogP contribution >= 0.6 is 0 Å². The Bertz CT molecular complexity index is 420. The standard InChI is InChI=1S/C14H21N3O/c18-14-5-7-15-10-11(14)9-12-6-8-17(16-12)13-3-1-2-4-13/h6,8,11,13,15H,1-5,7,9-10H2. The molecule has 1 aliphatic heterocycles. The largest absolute Gasteiger partial charge is 0.316 e. The number of hydrogen-bond acceptors (Lipinski definition) is 3. The van der Waals surface area contributed by atoms with Crippen LogP contribution in [0.1, 0.15) is 43.8 Å². The quantitative estimate of drug-likeness (QED) is 0.884. The molecule has 2 aliphatic rings. The third-order valence-corrected chi connectivity index (χ3v) is 4.21. The molecule has 1 unspecified atom stereocenters. The summed E-state index contributed by atoms with van der Waals surface area (Å²) in [5.74, 6) is 0.523. The Hall–Kier alpha value is -1.16. The van der Waals surface area contributed by atoms with E-state index >= 15 is 0 Å². The lowest BCUT2D eigenvalue weighted by atomic mass is 9.93. The van der Waals surface area contributed by atoms with Crippen molar-refractivity contribution in [1.82, 2.24) is 15.1 Å². The van der Waals surface area contributed by atoms with E-state index in [2.05, 4.69) is 27.4 Å². The Balaban J connectivity index is 1.64. The second-order valence-corrected chi connectivity index (χ2v) is 5.55. The number of ketones is 1. The van der Waals surface area contributed by atoms with Gasteiger partial charge in [-0.25, -0.2) is 0 Å². The second kappa shape index (κ2) is 5.22. The van der Waals surface area contributed by atoms with Crippen molar-refractivity contribution in [2.24, 2.45) is 5.92 Å². The Morgan fingerprint density at radius 3 is 3.00 bits per heavy atom. The third-order valence-electron chi connectivity index (χ3n) is 4.21. The smallest absolute Gasteiger partial charge is 0.138 e. The Morgan fingerprint density at radius 2 is 2.22 bits per heavy atom. The zero-order chi connectivity index (χ0) is 12.4. The molecule has 4 nitrogen and oxygen atoms in total. The molecule has 0 aromatic carbocycles. The summed E-state index contributed by atoms with van der Waals surface area (Å²) < 4.78 is 2.11. The van der Waals surface area contributed by atoms with E-state index in [1.165, 1.54) is 25.7 Å². The van der Waals surface area contributed by atoms with Gasteiger partial charge in [-0.1, -0.05) is 12.8 Å². The van der Waals surface area contributed by atoms with Crippen LogP contribution in [0.2, 0.25) is 0 Å². The zero-order valence-electron chi connectivity index (χ0n) is 10.8. The number of carbonyl (C=O) groups is 1. The normalized spacial score (nSPS) is 25.8. The van der Waals surface area contributed by atoms with Crippen LogP contribution in [0.25, 0.3) is 0 Å². The highest BCUT2D eigenvalue weighted by Gasteiger charge is 2.24. The molecule has 2 heterocycles. The third kappa shape index (κ3) is 2.48. The lowest BCUT2D eigenvalue weighted by Crippen LogP contribution is -2.38. The monoisotopic (exact) mass is 247 g/mol. The van der Waals surface area contributed by atoms with Crippen LogP contribution in [0, 0.1) is 5.92 Å². The van der Waals surface area contributed by atoms with E-state index in [0.29, 0.717) is 18.2 Å². The number of nitrogens with one attached hydrogen (secondary N) is 1. The van der Waals surface area contributed by atoms with Gasteiger partial charge in [0.15, 0.2) is 0 Å². The summed E-state index contributed by atoms with van der Waals surface area (Å²) in [6.45, 7) is 1.65. The van der Waals surface area contributed by atoms with E-state index in [0.717, 1.165) is 25.2 Å². The molecule has 1 saturated heterocycles. The van der Waals surface area contributed by atoms with Gasteiger partial charge in [-0.15, -0.1) is 0 Å². The molecule has 4 heteroatoms. The van der Waals surface area contributed by atoms with Gasteiger partial charge in [-0.2, -0.15) is 5.10 Å². The molecule has 1 N–H and O–H groups in total. The molecule has 98 valence electrons. The Kier molecular flexibility index (Phi) is 3.46. The lowest BCUT2D eigenvalue weighted by Gasteiger charge is -2.20. The average molecular weight is 247 g/mol. The molecular weight excluding hydrogens is 226 g/mol. The second-order valence-electron chi connectivity index (χ2n) is 5.55. The number of aromatic nitrogens is 2. The van der Waals surface area contributed by atoms with Crippen molar-refractivity contribution in [2.45, 2.75) is 44.6 Å². The van der Waals surface area contributed by atoms with E-state index in [1.807, 2.05) is 0 Å². The SMILES string of the molecule is O=C1CCNCC1Cc1ccn(C2CCCC2)n1. The van der Waals surface area contributed by atoms with Crippen molar-refractivity contribution in [3.8, 4) is 0 Å². The van der Waals surface area contributed by atoms with Gasteiger partial charge in [0.25, 0.3) is 0 Å². The van der Waals surface area contributed by atoms with E-state index in [9.17, 15) is 4.79 Å². The average Bonchev–Trinajstić information content (AvgIpc) is 3.02. The van der Waals surface area contributed by atoms with Crippen molar-refractivity contribution in [1.29, 1.82) is 0 Å². The maximum atomic E-state index is 11.8. The van der Waals surface area contributed by atoms with Gasteiger partial charge >= 0.3 is 0 Å². The van der Waals surface area contributed by atoms with Crippen molar-refractivity contribution < 1.29 is 4.79 Å². The van der Waals surface area contributed by atoms with Gasteiger partial charge in [0.05, 0.1) is 11.7 Å². The van der Waals surface area contributed by atoms with Crippen LogP contribution in [0.5, 0.6) is 0 Å².